The molecule has 0 spiro atoms. The number of rotatable bonds is 4. The van der Waals surface area contributed by atoms with Gasteiger partial charge in [0.25, 0.3) is 5.91 Å². The fourth-order valence-electron chi connectivity index (χ4n) is 1.56. The Balaban J connectivity index is 1.85. The van der Waals surface area contributed by atoms with Gasteiger partial charge in [-0.25, -0.2) is 9.97 Å². The molecule has 0 aliphatic rings. The van der Waals surface area contributed by atoms with Gasteiger partial charge in [0.05, 0.1) is 12.9 Å². The van der Waals surface area contributed by atoms with Crippen LogP contribution in [-0.2, 0) is 6.54 Å². The summed E-state index contributed by atoms with van der Waals surface area (Å²) in [7, 11) is 0. The van der Waals surface area contributed by atoms with E-state index in [4.69, 9.17) is 5.73 Å². The van der Waals surface area contributed by atoms with Crippen LogP contribution in [-0.4, -0.2) is 33.5 Å². The summed E-state index contributed by atoms with van der Waals surface area (Å²) in [4.78, 5) is 19.8. The van der Waals surface area contributed by atoms with Crippen LogP contribution < -0.4 is 11.1 Å². The smallest absolute Gasteiger partial charge is 0.269 e. The van der Waals surface area contributed by atoms with Crippen molar-refractivity contribution in [2.24, 2.45) is 5.73 Å². The Labute approximate surface area is 117 Å². The molecule has 0 saturated carbocycles. The molecule has 0 atom stereocenters. The van der Waals surface area contributed by atoms with Gasteiger partial charge in [0, 0.05) is 37.2 Å². The molecule has 0 fully saturated rings. The molecule has 2 rings (SSSR count). The zero-order valence-electron chi connectivity index (χ0n) is 10.9. The molecule has 1 amide bonds. The van der Waals surface area contributed by atoms with Gasteiger partial charge in [-0.05, 0) is 12.1 Å². The van der Waals surface area contributed by atoms with Gasteiger partial charge in [-0.15, -0.1) is 0 Å². The van der Waals surface area contributed by atoms with Gasteiger partial charge in [0.15, 0.2) is 0 Å². The zero-order chi connectivity index (χ0) is 14.2. The monoisotopic (exact) mass is 269 g/mol. The lowest BCUT2D eigenvalue weighted by molar-refractivity contribution is 0.0947. The lowest BCUT2D eigenvalue weighted by atomic mass is 10.2. The molecule has 0 bridgehead atoms. The maximum Gasteiger partial charge on any atom is 0.269 e. The molecule has 0 aromatic carbocycles. The molecule has 20 heavy (non-hydrogen) atoms. The van der Waals surface area contributed by atoms with Gasteiger partial charge in [0.1, 0.15) is 5.69 Å². The Morgan fingerprint density at radius 2 is 2.35 bits per heavy atom. The molecular weight excluding hydrogens is 254 g/mol. The highest BCUT2D eigenvalue weighted by Crippen LogP contribution is 1.98. The molecule has 2 aromatic heterocycles. The summed E-state index contributed by atoms with van der Waals surface area (Å²) in [6, 6.07) is 3.40. The van der Waals surface area contributed by atoms with E-state index in [0.29, 0.717) is 25.3 Å². The molecule has 6 heteroatoms. The molecule has 0 aliphatic carbocycles. The summed E-state index contributed by atoms with van der Waals surface area (Å²) in [6.45, 7) is 1.49. The zero-order valence-corrected chi connectivity index (χ0v) is 10.9. The van der Waals surface area contributed by atoms with E-state index in [1.54, 1.807) is 30.9 Å². The first-order valence-corrected chi connectivity index (χ1v) is 6.18. The molecule has 2 heterocycles. The first-order valence-electron chi connectivity index (χ1n) is 6.18. The van der Waals surface area contributed by atoms with Gasteiger partial charge in [0.2, 0.25) is 0 Å². The summed E-state index contributed by atoms with van der Waals surface area (Å²) in [5, 5.41) is 2.79. The number of nitrogens with zero attached hydrogens (tertiary/aromatic N) is 3. The minimum absolute atomic E-state index is 0.205. The molecule has 6 nitrogen and oxygen atoms in total. The highest BCUT2D eigenvalue weighted by atomic mass is 16.1. The number of pyridine rings is 1. The summed E-state index contributed by atoms with van der Waals surface area (Å²) in [5.74, 6) is 5.38. The highest BCUT2D eigenvalue weighted by molar-refractivity contribution is 5.92. The molecule has 0 saturated heterocycles. The predicted octanol–water partition coefficient (Wildman–Crippen LogP) is 0.0183. The maximum absolute atomic E-state index is 11.8. The first-order chi connectivity index (χ1) is 9.79. The number of nitrogens with two attached hydrogens (primary N) is 1. The third-order valence-corrected chi connectivity index (χ3v) is 2.55. The van der Waals surface area contributed by atoms with E-state index in [1.165, 1.54) is 0 Å². The molecule has 0 radical (unpaired) electrons. The van der Waals surface area contributed by atoms with Gasteiger partial charge < -0.3 is 15.6 Å². The van der Waals surface area contributed by atoms with Crippen LogP contribution in [0.5, 0.6) is 0 Å². The number of carbonyl (C=O) groups excluding carboxylic acids is 1. The van der Waals surface area contributed by atoms with E-state index in [9.17, 15) is 4.79 Å². The Kier molecular flexibility index (Phi) is 4.87. The summed E-state index contributed by atoms with van der Waals surface area (Å²) < 4.78 is 1.89. The molecule has 0 unspecified atom stereocenters. The minimum Gasteiger partial charge on any atom is -0.349 e. The van der Waals surface area contributed by atoms with E-state index in [0.717, 1.165) is 5.56 Å². The second-order valence-electron chi connectivity index (χ2n) is 3.99. The van der Waals surface area contributed by atoms with Crippen molar-refractivity contribution in [2.75, 3.05) is 13.1 Å². The Hall–Kier alpha value is -2.65. The molecular formula is C14H15N5O. The minimum atomic E-state index is -0.205. The fraction of sp³-hybridized carbons (Fsp3) is 0.214. The number of aromatic nitrogens is 3. The van der Waals surface area contributed by atoms with Crippen LogP contribution >= 0.6 is 0 Å². The normalized spacial score (nSPS) is 9.65. The van der Waals surface area contributed by atoms with Crippen LogP contribution in [0.15, 0.2) is 37.1 Å². The standard InChI is InChI=1S/C14H15N5O/c15-5-1-2-12-3-4-13(18-10-12)14(20)17-7-9-19-8-6-16-11-19/h3-4,6,8,10-11H,5,7,9,15H2,(H,17,20). The van der Waals surface area contributed by atoms with Gasteiger partial charge in [-0.2, -0.15) is 0 Å². The maximum atomic E-state index is 11.8. The summed E-state index contributed by atoms with van der Waals surface area (Å²) in [5.41, 5.74) is 6.40. The average Bonchev–Trinajstić information content (AvgIpc) is 2.99. The quantitative estimate of drug-likeness (QED) is 0.766. The second-order valence-corrected chi connectivity index (χ2v) is 3.99. The number of hydrogen-bond donors (Lipinski definition) is 2. The number of imidazole rings is 1. The topological polar surface area (TPSA) is 85.8 Å². The van der Waals surface area contributed by atoms with Crippen LogP contribution in [0.3, 0.4) is 0 Å². The van der Waals surface area contributed by atoms with Gasteiger partial charge in [-0.1, -0.05) is 11.8 Å². The van der Waals surface area contributed by atoms with Crippen molar-refractivity contribution in [1.29, 1.82) is 0 Å². The number of carbonyl (C=O) groups is 1. The fourth-order valence-corrected chi connectivity index (χ4v) is 1.56. The van der Waals surface area contributed by atoms with Crippen LogP contribution in [0.1, 0.15) is 16.1 Å². The molecule has 3 N–H and O–H groups in total. The van der Waals surface area contributed by atoms with Crippen LogP contribution in [0.4, 0.5) is 0 Å². The first kappa shape index (κ1) is 13.8. The van der Waals surface area contributed by atoms with E-state index < -0.39 is 0 Å². The van der Waals surface area contributed by atoms with E-state index in [-0.39, 0.29) is 5.91 Å². The van der Waals surface area contributed by atoms with Gasteiger partial charge >= 0.3 is 0 Å². The van der Waals surface area contributed by atoms with Crippen molar-refractivity contribution in [3.05, 3.63) is 48.3 Å². The van der Waals surface area contributed by atoms with Crippen LogP contribution in [0.25, 0.3) is 0 Å². The Bertz CT molecular complexity index is 607. The van der Waals surface area contributed by atoms with Crippen LogP contribution in [0, 0.1) is 11.8 Å². The third-order valence-electron chi connectivity index (χ3n) is 2.55. The molecule has 102 valence electrons. The van der Waals surface area contributed by atoms with Gasteiger partial charge in [-0.3, -0.25) is 4.79 Å². The molecule has 0 aliphatic heterocycles. The Morgan fingerprint density at radius 1 is 1.45 bits per heavy atom. The van der Waals surface area contributed by atoms with Crippen molar-refractivity contribution < 1.29 is 4.79 Å². The van der Waals surface area contributed by atoms with Crippen LogP contribution in [0.2, 0.25) is 0 Å². The van der Waals surface area contributed by atoms with Crippen molar-refractivity contribution in [3.8, 4) is 11.8 Å². The molecule has 2 aromatic rings. The second kappa shape index (κ2) is 7.07. The average molecular weight is 269 g/mol. The SMILES string of the molecule is NCC#Cc1ccc(C(=O)NCCn2ccnc2)nc1. The Morgan fingerprint density at radius 3 is 3.00 bits per heavy atom. The summed E-state index contributed by atoms with van der Waals surface area (Å²) >= 11 is 0. The van der Waals surface area contributed by atoms with Crippen molar-refractivity contribution >= 4 is 5.91 Å². The third kappa shape index (κ3) is 3.93. The van der Waals surface area contributed by atoms with E-state index >= 15 is 0 Å². The number of nitrogens with one attached hydrogen (secondary N) is 1. The van der Waals surface area contributed by atoms with Crippen molar-refractivity contribution in [2.45, 2.75) is 6.54 Å². The van der Waals surface area contributed by atoms with E-state index in [2.05, 4.69) is 27.1 Å². The largest absolute Gasteiger partial charge is 0.349 e. The lowest BCUT2D eigenvalue weighted by Gasteiger charge is -2.05. The van der Waals surface area contributed by atoms with Crippen molar-refractivity contribution in [3.63, 3.8) is 0 Å². The predicted molar refractivity (Wildman–Crippen MR) is 74.7 cm³/mol. The highest BCUT2D eigenvalue weighted by Gasteiger charge is 2.05. The lowest BCUT2D eigenvalue weighted by Crippen LogP contribution is -2.27. The van der Waals surface area contributed by atoms with Crippen molar-refractivity contribution in [1.82, 2.24) is 19.9 Å². The van der Waals surface area contributed by atoms with E-state index in [1.807, 2.05) is 10.8 Å². The number of hydrogen-bond acceptors (Lipinski definition) is 4. The number of amides is 1. The summed E-state index contributed by atoms with van der Waals surface area (Å²) in [6.07, 6.45) is 6.81.